The topological polar surface area (TPSA) is 70.7 Å². The highest BCUT2D eigenvalue weighted by molar-refractivity contribution is 5.90. The number of aromatic nitrogens is 3. The zero-order valence-electron chi connectivity index (χ0n) is 8.37. The average molecular weight is 194 g/mol. The van der Waals surface area contributed by atoms with Crippen molar-refractivity contribution in [2.45, 2.75) is 26.3 Å². The maximum Gasteiger partial charge on any atom is 0.291 e. The van der Waals surface area contributed by atoms with Gasteiger partial charge in [0.1, 0.15) is 5.82 Å². The highest BCUT2D eigenvalue weighted by Gasteiger charge is 2.12. The van der Waals surface area contributed by atoms with E-state index in [4.69, 9.17) is 0 Å². The van der Waals surface area contributed by atoms with Crippen molar-refractivity contribution in [2.24, 2.45) is 0 Å². The van der Waals surface area contributed by atoms with Crippen LogP contribution in [0, 0.1) is 6.92 Å². The third-order valence-corrected chi connectivity index (χ3v) is 1.70. The Balaban J connectivity index is 2.54. The molecule has 0 spiro atoms. The largest absolute Gasteiger partial charge is 0.346 e. The fourth-order valence-corrected chi connectivity index (χ4v) is 1.04. The number of amides is 1. The molecule has 1 aromatic heterocycles. The van der Waals surface area contributed by atoms with Gasteiger partial charge in [0.05, 0.1) is 0 Å². The SMILES string of the molecule is C=CCC(C)NC(=O)c1n[nH]c(C)n1. The Morgan fingerprint density at radius 2 is 2.50 bits per heavy atom. The van der Waals surface area contributed by atoms with E-state index in [0.717, 1.165) is 6.42 Å². The maximum atomic E-state index is 11.5. The number of rotatable bonds is 4. The molecule has 0 saturated heterocycles. The lowest BCUT2D eigenvalue weighted by Crippen LogP contribution is -2.32. The van der Waals surface area contributed by atoms with Crippen molar-refractivity contribution in [1.82, 2.24) is 20.5 Å². The van der Waals surface area contributed by atoms with E-state index in [2.05, 4.69) is 27.1 Å². The first kappa shape index (κ1) is 10.4. The van der Waals surface area contributed by atoms with Crippen LogP contribution in [-0.4, -0.2) is 27.1 Å². The summed E-state index contributed by atoms with van der Waals surface area (Å²) in [4.78, 5) is 15.4. The monoisotopic (exact) mass is 194 g/mol. The minimum atomic E-state index is -0.260. The molecule has 1 aromatic rings. The van der Waals surface area contributed by atoms with Crippen LogP contribution in [0.3, 0.4) is 0 Å². The van der Waals surface area contributed by atoms with Crippen LogP contribution >= 0.6 is 0 Å². The number of hydrogen-bond acceptors (Lipinski definition) is 3. The van der Waals surface area contributed by atoms with Crippen LogP contribution in [0.2, 0.25) is 0 Å². The summed E-state index contributed by atoms with van der Waals surface area (Å²) >= 11 is 0. The van der Waals surface area contributed by atoms with Gasteiger partial charge in [-0.25, -0.2) is 4.98 Å². The molecule has 1 heterocycles. The van der Waals surface area contributed by atoms with Crippen LogP contribution in [0.4, 0.5) is 0 Å². The van der Waals surface area contributed by atoms with Crippen LogP contribution in [0.1, 0.15) is 29.8 Å². The van der Waals surface area contributed by atoms with Crippen LogP contribution in [0.25, 0.3) is 0 Å². The van der Waals surface area contributed by atoms with Gasteiger partial charge in [0.15, 0.2) is 0 Å². The number of carbonyl (C=O) groups excluding carboxylic acids is 1. The standard InChI is InChI=1S/C9H14N4O/c1-4-5-6(2)10-9(14)8-11-7(3)12-13-8/h4,6H,1,5H2,2-3H3,(H,10,14)(H,11,12,13). The molecule has 1 amide bonds. The summed E-state index contributed by atoms with van der Waals surface area (Å²) in [6.07, 6.45) is 2.49. The van der Waals surface area contributed by atoms with Crippen molar-refractivity contribution in [3.8, 4) is 0 Å². The summed E-state index contributed by atoms with van der Waals surface area (Å²) in [6.45, 7) is 7.24. The van der Waals surface area contributed by atoms with Crippen molar-refractivity contribution in [3.05, 3.63) is 24.3 Å². The third-order valence-electron chi connectivity index (χ3n) is 1.70. The molecule has 0 aliphatic heterocycles. The lowest BCUT2D eigenvalue weighted by molar-refractivity contribution is 0.0930. The van der Waals surface area contributed by atoms with E-state index >= 15 is 0 Å². The van der Waals surface area contributed by atoms with E-state index in [1.165, 1.54) is 0 Å². The fraction of sp³-hybridized carbons (Fsp3) is 0.444. The minimum Gasteiger partial charge on any atom is -0.346 e. The zero-order valence-corrected chi connectivity index (χ0v) is 8.37. The lowest BCUT2D eigenvalue weighted by Gasteiger charge is -2.08. The highest BCUT2D eigenvalue weighted by Crippen LogP contribution is 1.95. The average Bonchev–Trinajstić information content (AvgIpc) is 2.52. The normalized spacial score (nSPS) is 12.1. The molecule has 1 rings (SSSR count). The number of nitrogens with one attached hydrogen (secondary N) is 2. The van der Waals surface area contributed by atoms with Crippen molar-refractivity contribution in [1.29, 1.82) is 0 Å². The van der Waals surface area contributed by atoms with Gasteiger partial charge in [-0.05, 0) is 20.3 Å². The van der Waals surface area contributed by atoms with Crippen molar-refractivity contribution in [2.75, 3.05) is 0 Å². The number of aryl methyl sites for hydroxylation is 1. The molecule has 76 valence electrons. The first-order valence-electron chi connectivity index (χ1n) is 4.44. The molecule has 0 bridgehead atoms. The fourth-order valence-electron chi connectivity index (χ4n) is 1.04. The Kier molecular flexibility index (Phi) is 3.39. The van der Waals surface area contributed by atoms with Crippen LogP contribution in [0.5, 0.6) is 0 Å². The molecule has 0 fully saturated rings. The molecular weight excluding hydrogens is 180 g/mol. The van der Waals surface area contributed by atoms with Gasteiger partial charge in [0.2, 0.25) is 5.82 Å². The Labute approximate surface area is 82.6 Å². The molecule has 1 unspecified atom stereocenters. The second kappa shape index (κ2) is 4.55. The molecule has 2 N–H and O–H groups in total. The van der Waals surface area contributed by atoms with Crippen LogP contribution in [0.15, 0.2) is 12.7 Å². The van der Waals surface area contributed by atoms with E-state index in [1.54, 1.807) is 13.0 Å². The molecule has 0 saturated carbocycles. The maximum absolute atomic E-state index is 11.5. The summed E-state index contributed by atoms with van der Waals surface area (Å²) < 4.78 is 0. The Morgan fingerprint density at radius 3 is 3.00 bits per heavy atom. The second-order valence-electron chi connectivity index (χ2n) is 3.14. The Morgan fingerprint density at radius 1 is 1.79 bits per heavy atom. The van der Waals surface area contributed by atoms with Gasteiger partial charge in [0, 0.05) is 6.04 Å². The first-order chi connectivity index (χ1) is 6.63. The molecule has 1 atom stereocenters. The van der Waals surface area contributed by atoms with E-state index in [-0.39, 0.29) is 17.8 Å². The highest BCUT2D eigenvalue weighted by atomic mass is 16.2. The Bertz CT molecular complexity index is 331. The molecule has 0 radical (unpaired) electrons. The predicted molar refractivity (Wildman–Crippen MR) is 52.9 cm³/mol. The summed E-state index contributed by atoms with van der Waals surface area (Å²) in [6, 6.07) is 0.0545. The van der Waals surface area contributed by atoms with Gasteiger partial charge < -0.3 is 5.32 Å². The summed E-state index contributed by atoms with van der Waals surface area (Å²) in [5.74, 6) is 0.550. The van der Waals surface area contributed by atoms with Gasteiger partial charge in [0.25, 0.3) is 5.91 Å². The molecule has 0 aromatic carbocycles. The Hall–Kier alpha value is -1.65. The molecule has 5 heteroatoms. The second-order valence-corrected chi connectivity index (χ2v) is 3.14. The molecule has 5 nitrogen and oxygen atoms in total. The number of hydrogen-bond donors (Lipinski definition) is 2. The molecule has 0 aliphatic rings. The number of carbonyl (C=O) groups is 1. The summed E-state index contributed by atoms with van der Waals surface area (Å²) in [5.41, 5.74) is 0. The third kappa shape index (κ3) is 2.69. The number of aromatic amines is 1. The zero-order chi connectivity index (χ0) is 10.6. The first-order valence-corrected chi connectivity index (χ1v) is 4.44. The molecule has 14 heavy (non-hydrogen) atoms. The summed E-state index contributed by atoms with van der Waals surface area (Å²) in [7, 11) is 0. The van der Waals surface area contributed by atoms with Crippen LogP contribution < -0.4 is 5.32 Å². The smallest absolute Gasteiger partial charge is 0.291 e. The van der Waals surface area contributed by atoms with E-state index in [9.17, 15) is 4.79 Å². The van der Waals surface area contributed by atoms with Crippen molar-refractivity contribution >= 4 is 5.91 Å². The molecular formula is C9H14N4O. The minimum absolute atomic E-state index is 0.0545. The summed E-state index contributed by atoms with van der Waals surface area (Å²) in [5, 5.41) is 9.12. The van der Waals surface area contributed by atoms with E-state index in [1.807, 2.05) is 6.92 Å². The quantitative estimate of drug-likeness (QED) is 0.697. The van der Waals surface area contributed by atoms with Crippen LogP contribution in [-0.2, 0) is 0 Å². The predicted octanol–water partition coefficient (Wildman–Crippen LogP) is 0.808. The van der Waals surface area contributed by atoms with Gasteiger partial charge in [-0.2, -0.15) is 0 Å². The van der Waals surface area contributed by atoms with Gasteiger partial charge in [-0.15, -0.1) is 11.7 Å². The molecule has 0 aliphatic carbocycles. The number of H-pyrrole nitrogens is 1. The van der Waals surface area contributed by atoms with Gasteiger partial charge in [-0.3, -0.25) is 9.89 Å². The van der Waals surface area contributed by atoms with Crippen molar-refractivity contribution < 1.29 is 4.79 Å². The van der Waals surface area contributed by atoms with Gasteiger partial charge >= 0.3 is 0 Å². The van der Waals surface area contributed by atoms with Crippen molar-refractivity contribution in [3.63, 3.8) is 0 Å². The van der Waals surface area contributed by atoms with E-state index < -0.39 is 0 Å². The van der Waals surface area contributed by atoms with Gasteiger partial charge in [-0.1, -0.05) is 6.08 Å². The lowest BCUT2D eigenvalue weighted by atomic mass is 10.2. The van der Waals surface area contributed by atoms with E-state index in [0.29, 0.717) is 5.82 Å². The number of nitrogens with zero attached hydrogens (tertiary/aromatic N) is 2.